The van der Waals surface area contributed by atoms with Crippen LogP contribution in [0, 0.1) is 6.92 Å². The first-order chi connectivity index (χ1) is 25.7. The number of aromatic nitrogens is 5. The van der Waals surface area contributed by atoms with Gasteiger partial charge in [0.1, 0.15) is 23.3 Å². The first kappa shape index (κ1) is 36.9. The maximum Gasteiger partial charge on any atom is 0.410 e. The first-order valence-corrected chi connectivity index (χ1v) is 18.7. The van der Waals surface area contributed by atoms with Gasteiger partial charge in [-0.2, -0.15) is 5.10 Å². The predicted molar refractivity (Wildman–Crippen MR) is 207 cm³/mol. The second-order valence-electron chi connectivity index (χ2n) is 16.3. The van der Waals surface area contributed by atoms with Gasteiger partial charge in [-0.05, 0) is 75.9 Å². The van der Waals surface area contributed by atoms with E-state index in [1.54, 1.807) is 9.58 Å². The molecule has 1 aliphatic heterocycles. The van der Waals surface area contributed by atoms with Crippen molar-refractivity contribution in [2.75, 3.05) is 31.5 Å². The van der Waals surface area contributed by atoms with Crippen molar-refractivity contribution >= 4 is 23.6 Å². The number of aryl methyl sites for hydroxylation is 1. The van der Waals surface area contributed by atoms with Gasteiger partial charge in [0.05, 0.1) is 30.2 Å². The van der Waals surface area contributed by atoms with Crippen LogP contribution in [0.25, 0.3) is 11.3 Å². The van der Waals surface area contributed by atoms with Crippen molar-refractivity contribution in [3.8, 4) is 11.4 Å². The normalized spacial score (nSPS) is 17.9. The Morgan fingerprint density at radius 1 is 0.870 bits per heavy atom. The topological polar surface area (TPSA) is 131 Å². The van der Waals surface area contributed by atoms with Crippen molar-refractivity contribution in [1.29, 1.82) is 0 Å². The van der Waals surface area contributed by atoms with Gasteiger partial charge in [0.25, 0.3) is 0 Å². The minimum absolute atomic E-state index is 0.193. The summed E-state index contributed by atoms with van der Waals surface area (Å²) >= 11 is 0. The number of urea groups is 1. The zero-order valence-corrected chi connectivity index (χ0v) is 32.3. The zero-order chi connectivity index (χ0) is 38.2. The minimum atomic E-state index is -0.519. The fourth-order valence-corrected chi connectivity index (χ4v) is 6.93. The molecule has 13 heteroatoms. The van der Waals surface area contributed by atoms with Gasteiger partial charge in [0.15, 0.2) is 11.5 Å². The number of fused-ring (bicyclic) bond motifs is 2. The predicted octanol–water partition coefficient (Wildman–Crippen LogP) is 7.35. The molecule has 2 aromatic carbocycles. The SMILES string of the molecule is Cc1ccc(-n2nc(C(C)(C)C)cc2NC(=O)N[C@H]2CCC(Oc3ccc4nnc(CN5CCN(C(=O)OC(C)(C)C)CC5)n4c3)c3ccccc32)cc1. The molecular formula is C41H51N9O4. The molecule has 4 heterocycles. The molecule has 1 aliphatic carbocycles. The van der Waals surface area contributed by atoms with Crippen LogP contribution < -0.4 is 15.4 Å². The number of nitrogens with zero attached hydrogens (tertiary/aromatic N) is 7. The smallest absolute Gasteiger partial charge is 0.410 e. The van der Waals surface area contributed by atoms with Crippen molar-refractivity contribution in [3.63, 3.8) is 0 Å². The Kier molecular flexibility index (Phi) is 10.1. The molecule has 3 amide bonds. The lowest BCUT2D eigenvalue weighted by atomic mass is 9.85. The van der Waals surface area contributed by atoms with Crippen LogP contribution in [0.1, 0.15) is 94.7 Å². The third-order valence-corrected chi connectivity index (χ3v) is 9.85. The van der Waals surface area contributed by atoms with Crippen LogP contribution in [0.4, 0.5) is 15.4 Å². The van der Waals surface area contributed by atoms with Gasteiger partial charge in [-0.1, -0.05) is 62.7 Å². The van der Waals surface area contributed by atoms with Crippen molar-refractivity contribution in [3.05, 3.63) is 101 Å². The molecule has 2 atom stereocenters. The van der Waals surface area contributed by atoms with Gasteiger partial charge in [-0.15, -0.1) is 10.2 Å². The molecule has 0 radical (unpaired) electrons. The number of ether oxygens (including phenoxy) is 2. The van der Waals surface area contributed by atoms with Crippen molar-refractivity contribution in [1.82, 2.24) is 39.5 Å². The summed E-state index contributed by atoms with van der Waals surface area (Å²) in [5.74, 6) is 2.12. The van der Waals surface area contributed by atoms with E-state index in [2.05, 4.69) is 58.6 Å². The minimum Gasteiger partial charge on any atom is -0.484 e. The molecule has 1 unspecified atom stereocenters. The fraction of sp³-hybridized carbons (Fsp3) is 0.439. The maximum absolute atomic E-state index is 13.6. The van der Waals surface area contributed by atoms with Crippen LogP contribution in [-0.4, -0.2) is 78.1 Å². The molecule has 5 aromatic rings. The number of benzene rings is 2. The summed E-state index contributed by atoms with van der Waals surface area (Å²) < 4.78 is 16.0. The van der Waals surface area contributed by atoms with Gasteiger partial charge in [0, 0.05) is 37.7 Å². The van der Waals surface area contributed by atoms with E-state index in [-0.39, 0.29) is 29.7 Å². The number of rotatable bonds is 7. The summed E-state index contributed by atoms with van der Waals surface area (Å²) in [6.07, 6.45) is 2.90. The Balaban J connectivity index is 1.01. The van der Waals surface area contributed by atoms with Crippen molar-refractivity contribution in [2.45, 2.75) is 91.0 Å². The fourth-order valence-electron chi connectivity index (χ4n) is 6.93. The molecule has 1 fully saturated rings. The first-order valence-electron chi connectivity index (χ1n) is 18.7. The van der Waals surface area contributed by atoms with Crippen LogP contribution in [0.15, 0.2) is 72.9 Å². The van der Waals surface area contributed by atoms with Gasteiger partial charge < -0.3 is 19.7 Å². The highest BCUT2D eigenvalue weighted by atomic mass is 16.6. The van der Waals surface area contributed by atoms with E-state index in [1.807, 2.05) is 92.9 Å². The monoisotopic (exact) mass is 733 g/mol. The highest BCUT2D eigenvalue weighted by Crippen LogP contribution is 2.39. The number of piperazine rings is 1. The van der Waals surface area contributed by atoms with E-state index >= 15 is 0 Å². The Hall–Kier alpha value is -5.43. The van der Waals surface area contributed by atoms with Crippen LogP contribution >= 0.6 is 0 Å². The second-order valence-corrected chi connectivity index (χ2v) is 16.3. The summed E-state index contributed by atoms with van der Waals surface area (Å²) in [5.41, 5.74) is 5.02. The Morgan fingerprint density at radius 3 is 2.30 bits per heavy atom. The van der Waals surface area contributed by atoms with Crippen LogP contribution in [0.3, 0.4) is 0 Å². The number of hydrogen-bond donors (Lipinski definition) is 2. The highest BCUT2D eigenvalue weighted by Gasteiger charge is 2.31. The van der Waals surface area contributed by atoms with Crippen LogP contribution in [0.2, 0.25) is 0 Å². The summed E-state index contributed by atoms with van der Waals surface area (Å²) in [5, 5.41) is 20.1. The van der Waals surface area contributed by atoms with Crippen molar-refractivity contribution in [2.24, 2.45) is 0 Å². The number of pyridine rings is 1. The molecule has 2 N–H and O–H groups in total. The van der Waals surface area contributed by atoms with E-state index in [0.717, 1.165) is 39.5 Å². The van der Waals surface area contributed by atoms with E-state index in [4.69, 9.17) is 14.6 Å². The second kappa shape index (κ2) is 14.8. The molecule has 13 nitrogen and oxygen atoms in total. The van der Waals surface area contributed by atoms with Gasteiger partial charge in [0.2, 0.25) is 0 Å². The number of nitrogens with one attached hydrogen (secondary N) is 2. The molecular weight excluding hydrogens is 683 g/mol. The molecule has 2 aliphatic rings. The third-order valence-electron chi connectivity index (χ3n) is 9.85. The molecule has 3 aromatic heterocycles. The summed E-state index contributed by atoms with van der Waals surface area (Å²) in [7, 11) is 0. The largest absolute Gasteiger partial charge is 0.484 e. The maximum atomic E-state index is 13.6. The molecule has 284 valence electrons. The lowest BCUT2D eigenvalue weighted by Gasteiger charge is -2.35. The number of carbonyl (C=O) groups excluding carboxylic acids is 2. The summed E-state index contributed by atoms with van der Waals surface area (Å²) in [4.78, 5) is 30.2. The van der Waals surface area contributed by atoms with Crippen LogP contribution in [-0.2, 0) is 16.7 Å². The van der Waals surface area contributed by atoms with E-state index < -0.39 is 5.60 Å². The van der Waals surface area contributed by atoms with Gasteiger partial charge in [-0.3, -0.25) is 14.6 Å². The van der Waals surface area contributed by atoms with Crippen LogP contribution in [0.5, 0.6) is 5.75 Å². The molecule has 1 saturated heterocycles. The highest BCUT2D eigenvalue weighted by molar-refractivity contribution is 5.89. The number of carbonyl (C=O) groups is 2. The molecule has 7 rings (SSSR count). The molecule has 0 saturated carbocycles. The van der Waals surface area contributed by atoms with Gasteiger partial charge in [-0.25, -0.2) is 14.3 Å². The Labute approximate surface area is 316 Å². The van der Waals surface area contributed by atoms with Gasteiger partial charge >= 0.3 is 12.1 Å². The molecule has 0 bridgehead atoms. The molecule has 54 heavy (non-hydrogen) atoms. The number of hydrogen-bond acceptors (Lipinski definition) is 8. The van der Waals surface area contributed by atoms with E-state index in [1.165, 1.54) is 0 Å². The lowest BCUT2D eigenvalue weighted by Crippen LogP contribution is -2.49. The molecule has 0 spiro atoms. The Morgan fingerprint density at radius 2 is 1.59 bits per heavy atom. The average Bonchev–Trinajstić information content (AvgIpc) is 3.73. The third kappa shape index (κ3) is 8.36. The van der Waals surface area contributed by atoms with Crippen molar-refractivity contribution < 1.29 is 19.1 Å². The Bertz CT molecular complexity index is 2120. The summed E-state index contributed by atoms with van der Waals surface area (Å²) in [6, 6.07) is 21.6. The quantitative estimate of drug-likeness (QED) is 0.178. The standard InChI is InChI=1S/C41H51N9O4/c1-27-12-14-28(15-13-27)50-36(24-34(46-50)40(2,3)4)43-38(51)42-32-17-18-33(31-11-9-8-10-30(31)32)53-29-16-19-35-44-45-37(49(35)25-29)26-47-20-22-48(23-21-47)39(52)54-41(5,6)7/h8-16,19,24-25,32-33H,17-18,20-23,26H2,1-7H3,(H2,42,43,51)/t32-,33?/m0/s1. The zero-order valence-electron chi connectivity index (χ0n) is 32.3. The van der Waals surface area contributed by atoms with E-state index in [9.17, 15) is 9.59 Å². The summed E-state index contributed by atoms with van der Waals surface area (Å²) in [6.45, 7) is 17.2. The number of amides is 3. The van der Waals surface area contributed by atoms with E-state index in [0.29, 0.717) is 57.1 Å². The number of anilines is 1. The average molecular weight is 734 g/mol. The lowest BCUT2D eigenvalue weighted by molar-refractivity contribution is 0.0137.